The van der Waals surface area contributed by atoms with E-state index in [1.54, 1.807) is 6.92 Å². The van der Waals surface area contributed by atoms with Gasteiger partial charge >= 0.3 is 0 Å². The molecule has 2 aromatic rings. The molecule has 0 spiro atoms. The van der Waals surface area contributed by atoms with Gasteiger partial charge in [-0.15, -0.1) is 0 Å². The summed E-state index contributed by atoms with van der Waals surface area (Å²) in [5, 5.41) is 1.14. The lowest BCUT2D eigenvalue weighted by Crippen LogP contribution is -2.09. The van der Waals surface area contributed by atoms with Crippen LogP contribution in [0.4, 0.5) is 0 Å². The molecule has 0 amide bonds. The number of para-hydroxylation sites is 1. The maximum atomic E-state index is 12.1. The molecule has 0 fully saturated rings. The lowest BCUT2D eigenvalue weighted by molar-refractivity contribution is 0.0941. The third kappa shape index (κ3) is 2.84. The number of carbonyl (C=O) groups is 1. The maximum absolute atomic E-state index is 12.1. The van der Waals surface area contributed by atoms with Gasteiger partial charge < -0.3 is 0 Å². The van der Waals surface area contributed by atoms with Crippen LogP contribution >= 0.6 is 0 Å². The number of aromatic nitrogens is 1. The van der Waals surface area contributed by atoms with Crippen molar-refractivity contribution in [2.45, 2.75) is 46.5 Å². The van der Waals surface area contributed by atoms with Crippen LogP contribution in [0.2, 0.25) is 0 Å². The van der Waals surface area contributed by atoms with Gasteiger partial charge in [-0.3, -0.25) is 9.36 Å². The molecule has 0 aliphatic heterocycles. The van der Waals surface area contributed by atoms with E-state index in [0.29, 0.717) is 0 Å². The van der Waals surface area contributed by atoms with Crippen LogP contribution in [0.15, 0.2) is 36.4 Å². The summed E-state index contributed by atoms with van der Waals surface area (Å²) in [6.07, 6.45) is 6.60. The summed E-state index contributed by atoms with van der Waals surface area (Å²) >= 11 is 0. The minimum absolute atomic E-state index is 0.0831. The molecule has 0 atom stereocenters. The Kier molecular flexibility index (Phi) is 4.78. The summed E-state index contributed by atoms with van der Waals surface area (Å²) in [5.41, 5.74) is 3.36. The van der Waals surface area contributed by atoms with E-state index in [-0.39, 0.29) is 5.91 Å². The van der Waals surface area contributed by atoms with Crippen molar-refractivity contribution in [1.29, 1.82) is 0 Å². The second kappa shape index (κ2) is 6.56. The normalized spacial score (nSPS) is 12.1. The molecule has 20 heavy (non-hydrogen) atoms. The van der Waals surface area contributed by atoms with Gasteiger partial charge in [0.25, 0.3) is 0 Å². The fraction of sp³-hybridized carbons (Fsp3) is 0.389. The van der Waals surface area contributed by atoms with Crippen LogP contribution in [-0.4, -0.2) is 10.5 Å². The van der Waals surface area contributed by atoms with E-state index >= 15 is 0 Å². The minimum atomic E-state index is 0.0831. The first-order valence-electron chi connectivity index (χ1n) is 7.49. The summed E-state index contributed by atoms with van der Waals surface area (Å²) < 4.78 is 1.85. The quantitative estimate of drug-likeness (QED) is 0.723. The van der Waals surface area contributed by atoms with Gasteiger partial charge in [0.1, 0.15) is 0 Å². The summed E-state index contributed by atoms with van der Waals surface area (Å²) in [4.78, 5) is 12.1. The highest BCUT2D eigenvalue weighted by atomic mass is 16.1. The highest BCUT2D eigenvalue weighted by Crippen LogP contribution is 2.28. The van der Waals surface area contributed by atoms with Gasteiger partial charge in [0.15, 0.2) is 0 Å². The zero-order valence-corrected chi connectivity index (χ0v) is 12.6. The fourth-order valence-corrected chi connectivity index (χ4v) is 2.65. The van der Waals surface area contributed by atoms with Crippen LogP contribution in [0.3, 0.4) is 0 Å². The molecule has 0 aliphatic rings. The Labute approximate surface area is 121 Å². The Morgan fingerprint density at radius 3 is 2.60 bits per heavy atom. The predicted octanol–water partition coefficient (Wildman–Crippen LogP) is 5.29. The zero-order chi connectivity index (χ0) is 14.5. The predicted molar refractivity (Wildman–Crippen MR) is 86.0 cm³/mol. The molecular weight excluding hydrogens is 246 g/mol. The molecule has 2 heteroatoms. The number of carbonyl (C=O) groups excluding carboxylic acids is 1. The van der Waals surface area contributed by atoms with Gasteiger partial charge in [-0.1, -0.05) is 51.0 Å². The summed E-state index contributed by atoms with van der Waals surface area (Å²) in [7, 11) is 0. The molecule has 0 aliphatic carbocycles. The van der Waals surface area contributed by atoms with Gasteiger partial charge in [-0.05, 0) is 30.5 Å². The molecule has 0 saturated heterocycles. The largest absolute Gasteiger partial charge is 0.280 e. The van der Waals surface area contributed by atoms with Crippen molar-refractivity contribution in [2.24, 2.45) is 0 Å². The molecule has 0 saturated carbocycles. The van der Waals surface area contributed by atoms with Crippen LogP contribution in [0.5, 0.6) is 0 Å². The molecule has 1 heterocycles. The van der Waals surface area contributed by atoms with E-state index in [9.17, 15) is 4.79 Å². The van der Waals surface area contributed by atoms with Crippen molar-refractivity contribution in [3.8, 4) is 0 Å². The SMILES string of the molecule is CCC/C=C(\CCC)c1cc2ccccc2n1C(C)=O. The number of unbranched alkanes of at least 4 members (excludes halogenated alkanes) is 1. The fourth-order valence-electron chi connectivity index (χ4n) is 2.65. The van der Waals surface area contributed by atoms with E-state index in [2.05, 4.69) is 32.1 Å². The number of fused-ring (bicyclic) bond motifs is 1. The van der Waals surface area contributed by atoms with Crippen molar-refractivity contribution < 1.29 is 4.79 Å². The van der Waals surface area contributed by atoms with Crippen molar-refractivity contribution >= 4 is 22.4 Å². The van der Waals surface area contributed by atoms with E-state index in [0.717, 1.165) is 42.3 Å². The highest BCUT2D eigenvalue weighted by Gasteiger charge is 2.14. The Balaban J connectivity index is 2.61. The van der Waals surface area contributed by atoms with E-state index < -0.39 is 0 Å². The second-order valence-corrected chi connectivity index (χ2v) is 5.21. The number of hydrogen-bond acceptors (Lipinski definition) is 1. The van der Waals surface area contributed by atoms with E-state index in [1.165, 1.54) is 5.57 Å². The molecule has 2 nitrogen and oxygen atoms in total. The molecule has 0 unspecified atom stereocenters. The first-order chi connectivity index (χ1) is 9.69. The number of allylic oxidation sites excluding steroid dienone is 2. The molecule has 1 aromatic heterocycles. The van der Waals surface area contributed by atoms with E-state index in [4.69, 9.17) is 0 Å². The summed E-state index contributed by atoms with van der Waals surface area (Å²) in [6, 6.07) is 10.2. The van der Waals surface area contributed by atoms with E-state index in [1.807, 2.05) is 22.8 Å². The number of rotatable bonds is 5. The summed E-state index contributed by atoms with van der Waals surface area (Å²) in [6.45, 7) is 6.00. The third-order valence-corrected chi connectivity index (χ3v) is 3.55. The lowest BCUT2D eigenvalue weighted by Gasteiger charge is -2.10. The maximum Gasteiger partial charge on any atom is 0.228 e. The molecule has 106 valence electrons. The Morgan fingerprint density at radius 2 is 1.95 bits per heavy atom. The van der Waals surface area contributed by atoms with Crippen LogP contribution in [0, 0.1) is 0 Å². The van der Waals surface area contributed by atoms with Gasteiger partial charge in [-0.25, -0.2) is 0 Å². The van der Waals surface area contributed by atoms with Gasteiger partial charge in [0, 0.05) is 12.3 Å². The standard InChI is InChI=1S/C18H23NO/c1-4-6-10-15(9-5-2)18-13-16-11-7-8-12-17(16)19(18)14(3)20/h7-8,10-13H,4-6,9H2,1-3H3/b15-10+. The molecule has 0 bridgehead atoms. The molecule has 2 rings (SSSR count). The Morgan fingerprint density at radius 1 is 1.20 bits per heavy atom. The number of nitrogens with zero attached hydrogens (tertiary/aromatic N) is 1. The van der Waals surface area contributed by atoms with Crippen molar-refractivity contribution in [3.63, 3.8) is 0 Å². The number of benzene rings is 1. The monoisotopic (exact) mass is 269 g/mol. The lowest BCUT2D eigenvalue weighted by atomic mass is 10.0. The average molecular weight is 269 g/mol. The first-order valence-corrected chi connectivity index (χ1v) is 7.49. The summed E-state index contributed by atoms with van der Waals surface area (Å²) in [5.74, 6) is 0.0831. The minimum Gasteiger partial charge on any atom is -0.280 e. The first kappa shape index (κ1) is 14.6. The van der Waals surface area contributed by atoms with Gasteiger partial charge in [-0.2, -0.15) is 0 Å². The number of hydrogen-bond donors (Lipinski definition) is 0. The highest BCUT2D eigenvalue weighted by molar-refractivity contribution is 5.96. The smallest absolute Gasteiger partial charge is 0.228 e. The van der Waals surface area contributed by atoms with Crippen LogP contribution in [-0.2, 0) is 0 Å². The Hall–Kier alpha value is -1.83. The van der Waals surface area contributed by atoms with Crippen molar-refractivity contribution in [2.75, 3.05) is 0 Å². The van der Waals surface area contributed by atoms with Crippen LogP contribution < -0.4 is 0 Å². The molecule has 0 radical (unpaired) electrons. The van der Waals surface area contributed by atoms with Crippen molar-refractivity contribution in [1.82, 2.24) is 4.57 Å². The van der Waals surface area contributed by atoms with Crippen LogP contribution in [0.1, 0.15) is 56.9 Å². The zero-order valence-electron chi connectivity index (χ0n) is 12.6. The van der Waals surface area contributed by atoms with Gasteiger partial charge in [0.05, 0.1) is 11.2 Å². The Bertz CT molecular complexity index is 634. The van der Waals surface area contributed by atoms with Gasteiger partial charge in [0.2, 0.25) is 5.91 Å². The molecular formula is C18H23NO. The molecule has 1 aromatic carbocycles. The third-order valence-electron chi connectivity index (χ3n) is 3.55. The van der Waals surface area contributed by atoms with Crippen LogP contribution in [0.25, 0.3) is 16.5 Å². The molecule has 0 N–H and O–H groups in total. The van der Waals surface area contributed by atoms with Crippen molar-refractivity contribution in [3.05, 3.63) is 42.1 Å². The topological polar surface area (TPSA) is 22.0 Å². The second-order valence-electron chi connectivity index (χ2n) is 5.21. The average Bonchev–Trinajstić information content (AvgIpc) is 2.82.